The maximum atomic E-state index is 12.7. The molecule has 1 aliphatic heterocycles. The largest absolute Gasteiger partial charge is 0.384 e. The van der Waals surface area contributed by atoms with Crippen LogP contribution in [0.4, 0.5) is 0 Å². The van der Waals surface area contributed by atoms with Crippen LogP contribution in [0.25, 0.3) is 11.0 Å². The Morgan fingerprint density at radius 3 is 2.63 bits per heavy atom. The van der Waals surface area contributed by atoms with Crippen LogP contribution in [-0.2, 0) is 14.8 Å². The van der Waals surface area contributed by atoms with Crippen LogP contribution in [0.5, 0.6) is 0 Å². The fourth-order valence-corrected chi connectivity index (χ4v) is 4.27. The molecule has 3 heterocycles. The first-order chi connectivity index (χ1) is 12.4. The number of H-pyrrole nitrogens is 2. The molecule has 2 aromatic rings. The molecule has 0 bridgehead atoms. The zero-order chi connectivity index (χ0) is 18.8. The van der Waals surface area contributed by atoms with Gasteiger partial charge in [0, 0.05) is 25.3 Å². The van der Waals surface area contributed by atoms with Crippen LogP contribution in [0.3, 0.4) is 0 Å². The quantitative estimate of drug-likeness (QED) is 0.485. The van der Waals surface area contributed by atoms with Crippen molar-refractivity contribution in [1.29, 1.82) is 0 Å². The molecule has 27 heavy (non-hydrogen) atoms. The molecular weight excluding hydrogens is 398 g/mol. The molecule has 3 rings (SSSR count). The predicted octanol–water partition coefficient (Wildman–Crippen LogP) is -0.672. The second-order valence-corrected chi connectivity index (χ2v) is 8.25. The number of sulfonamides is 1. The van der Waals surface area contributed by atoms with Crippen molar-refractivity contribution in [2.24, 2.45) is 5.41 Å². The number of piperidine rings is 1. The highest BCUT2D eigenvalue weighted by molar-refractivity contribution is 7.89. The maximum absolute atomic E-state index is 12.7. The van der Waals surface area contributed by atoms with Crippen LogP contribution in [0.2, 0.25) is 0 Å². The Labute approximate surface area is 161 Å². The van der Waals surface area contributed by atoms with Gasteiger partial charge in [0.2, 0.25) is 10.0 Å². The standard InChI is InChI=1S/C15H21N5O5S.ClH/c1-25-9-15(2-4-16-5-3-15)8-18-26(23,24)10-6-11-12(17-7-10)19-14(22)20-13(11)21;/h6-7,16,18H,2-5,8-9H2,1H3,(H2,17,19,20,21,22);1H. The molecule has 0 amide bonds. The SMILES string of the molecule is COCC1(CNS(=O)(=O)c2cnc3[nH]c(=O)[nH]c(=O)c3c2)CCNCC1.Cl. The lowest BCUT2D eigenvalue weighted by atomic mass is 9.80. The van der Waals surface area contributed by atoms with E-state index < -0.39 is 21.3 Å². The van der Waals surface area contributed by atoms with Gasteiger partial charge < -0.3 is 10.1 Å². The van der Waals surface area contributed by atoms with Gasteiger partial charge in [0.05, 0.1) is 12.0 Å². The summed E-state index contributed by atoms with van der Waals surface area (Å²) < 4.78 is 33.2. The molecule has 0 spiro atoms. The molecule has 1 saturated heterocycles. The van der Waals surface area contributed by atoms with E-state index in [2.05, 4.69) is 25.0 Å². The van der Waals surface area contributed by atoms with Crippen molar-refractivity contribution >= 4 is 33.5 Å². The molecule has 12 heteroatoms. The average Bonchev–Trinajstić information content (AvgIpc) is 2.61. The summed E-state index contributed by atoms with van der Waals surface area (Å²) in [7, 11) is -2.27. The van der Waals surface area contributed by atoms with E-state index in [4.69, 9.17) is 4.74 Å². The highest BCUT2D eigenvalue weighted by atomic mass is 35.5. The van der Waals surface area contributed by atoms with Crippen LogP contribution in [-0.4, -0.2) is 56.7 Å². The third-order valence-electron chi connectivity index (χ3n) is 4.63. The number of hydrogen-bond donors (Lipinski definition) is 4. The van der Waals surface area contributed by atoms with Gasteiger partial charge in [-0.15, -0.1) is 12.4 Å². The third kappa shape index (κ3) is 4.74. The van der Waals surface area contributed by atoms with Gasteiger partial charge in [-0.05, 0) is 32.0 Å². The van der Waals surface area contributed by atoms with Gasteiger partial charge in [-0.25, -0.2) is 22.9 Å². The number of ether oxygens (including phenoxy) is 1. The van der Waals surface area contributed by atoms with Crippen molar-refractivity contribution in [2.75, 3.05) is 33.4 Å². The van der Waals surface area contributed by atoms with Crippen LogP contribution in [0.1, 0.15) is 12.8 Å². The smallest absolute Gasteiger partial charge is 0.327 e. The lowest BCUT2D eigenvalue weighted by Crippen LogP contribution is -2.47. The maximum Gasteiger partial charge on any atom is 0.327 e. The normalized spacial score (nSPS) is 16.8. The molecule has 0 aromatic carbocycles. The molecule has 0 unspecified atom stereocenters. The Morgan fingerprint density at radius 1 is 1.26 bits per heavy atom. The Kier molecular flexibility index (Phi) is 6.76. The van der Waals surface area contributed by atoms with Gasteiger partial charge in [-0.1, -0.05) is 0 Å². The molecule has 0 aliphatic carbocycles. The minimum atomic E-state index is -3.87. The molecule has 0 radical (unpaired) electrons. The van der Waals surface area contributed by atoms with Gasteiger partial charge in [0.25, 0.3) is 5.56 Å². The van der Waals surface area contributed by atoms with Crippen LogP contribution in [0.15, 0.2) is 26.7 Å². The highest BCUT2D eigenvalue weighted by Gasteiger charge is 2.33. The fraction of sp³-hybridized carbons (Fsp3) is 0.533. The van der Waals surface area contributed by atoms with Crippen molar-refractivity contribution in [2.45, 2.75) is 17.7 Å². The Balaban J connectivity index is 0.00000261. The minimum Gasteiger partial charge on any atom is -0.384 e. The number of pyridine rings is 1. The third-order valence-corrected chi connectivity index (χ3v) is 6.00. The molecule has 4 N–H and O–H groups in total. The lowest BCUT2D eigenvalue weighted by Gasteiger charge is -2.37. The average molecular weight is 420 g/mol. The first-order valence-corrected chi connectivity index (χ1v) is 9.65. The first kappa shape index (κ1) is 21.5. The van der Waals surface area contributed by atoms with Crippen molar-refractivity contribution in [3.8, 4) is 0 Å². The van der Waals surface area contributed by atoms with Crippen LogP contribution >= 0.6 is 12.4 Å². The van der Waals surface area contributed by atoms with Crippen LogP contribution in [0, 0.1) is 5.41 Å². The topological polar surface area (TPSA) is 146 Å². The molecule has 0 saturated carbocycles. The molecule has 2 aromatic heterocycles. The van der Waals surface area contributed by atoms with Gasteiger partial charge in [0.1, 0.15) is 10.5 Å². The zero-order valence-electron chi connectivity index (χ0n) is 14.7. The number of halogens is 1. The molecular formula is C15H22ClN5O5S. The zero-order valence-corrected chi connectivity index (χ0v) is 16.3. The van der Waals surface area contributed by atoms with E-state index in [9.17, 15) is 18.0 Å². The Bertz CT molecular complexity index is 1010. The lowest BCUT2D eigenvalue weighted by molar-refractivity contribution is 0.0577. The van der Waals surface area contributed by atoms with E-state index in [1.165, 1.54) is 6.07 Å². The van der Waals surface area contributed by atoms with Crippen molar-refractivity contribution < 1.29 is 13.2 Å². The number of aromatic nitrogens is 3. The first-order valence-electron chi connectivity index (χ1n) is 8.17. The van der Waals surface area contributed by atoms with Gasteiger partial charge in [-0.2, -0.15) is 0 Å². The van der Waals surface area contributed by atoms with E-state index >= 15 is 0 Å². The summed E-state index contributed by atoms with van der Waals surface area (Å²) in [6.07, 6.45) is 2.70. The number of nitrogens with zero attached hydrogens (tertiary/aromatic N) is 1. The Hall–Kier alpha value is -1.79. The summed E-state index contributed by atoms with van der Waals surface area (Å²) in [4.78, 5) is 31.3. The molecule has 150 valence electrons. The summed E-state index contributed by atoms with van der Waals surface area (Å²) in [5.41, 5.74) is -1.63. The predicted molar refractivity (Wildman–Crippen MR) is 102 cm³/mol. The highest BCUT2D eigenvalue weighted by Crippen LogP contribution is 2.28. The number of rotatable bonds is 6. The van der Waals surface area contributed by atoms with Gasteiger partial charge in [0.15, 0.2) is 0 Å². The molecule has 0 atom stereocenters. The van der Waals surface area contributed by atoms with Crippen molar-refractivity contribution in [3.63, 3.8) is 0 Å². The number of hydrogen-bond acceptors (Lipinski definition) is 7. The minimum absolute atomic E-state index is 0. The van der Waals surface area contributed by atoms with E-state index in [1.54, 1.807) is 7.11 Å². The van der Waals surface area contributed by atoms with Crippen molar-refractivity contribution in [3.05, 3.63) is 33.1 Å². The molecule has 10 nitrogen and oxygen atoms in total. The van der Waals surface area contributed by atoms with E-state index in [1.807, 2.05) is 0 Å². The number of fused-ring (bicyclic) bond motifs is 1. The number of methoxy groups -OCH3 is 1. The molecule has 1 fully saturated rings. The summed E-state index contributed by atoms with van der Waals surface area (Å²) in [6.45, 7) is 2.27. The monoisotopic (exact) mass is 419 g/mol. The van der Waals surface area contributed by atoms with Gasteiger partial charge in [-0.3, -0.25) is 14.8 Å². The van der Waals surface area contributed by atoms with Crippen molar-refractivity contribution in [1.82, 2.24) is 25.0 Å². The van der Waals surface area contributed by atoms with Crippen LogP contribution < -0.4 is 21.3 Å². The summed E-state index contributed by atoms with van der Waals surface area (Å²) in [5, 5.41) is 3.25. The second kappa shape index (κ2) is 8.48. The van der Waals surface area contributed by atoms with E-state index in [0.717, 1.165) is 32.1 Å². The summed E-state index contributed by atoms with van der Waals surface area (Å²) >= 11 is 0. The number of aromatic amines is 2. The molecule has 1 aliphatic rings. The second-order valence-electron chi connectivity index (χ2n) is 6.48. The summed E-state index contributed by atoms with van der Waals surface area (Å²) in [5.74, 6) is 0. The van der Waals surface area contributed by atoms with E-state index in [0.29, 0.717) is 6.61 Å². The summed E-state index contributed by atoms with van der Waals surface area (Å²) in [6, 6.07) is 1.20. The Morgan fingerprint density at radius 2 is 1.96 bits per heavy atom. The van der Waals surface area contributed by atoms with Gasteiger partial charge >= 0.3 is 5.69 Å². The number of nitrogens with one attached hydrogen (secondary N) is 4. The van der Waals surface area contributed by atoms with E-state index in [-0.39, 0.29) is 40.3 Å². The fourth-order valence-electron chi connectivity index (χ4n) is 3.14.